The van der Waals surface area contributed by atoms with Crippen molar-refractivity contribution >= 4 is 11.9 Å². The molecule has 54 heavy (non-hydrogen) atoms. The Morgan fingerprint density at radius 2 is 0.759 bits per heavy atom. The fraction of sp³-hybridized carbons (Fsp3) is 0.958. The van der Waals surface area contributed by atoms with Gasteiger partial charge in [0.15, 0.2) is 0 Å². The Hall–Kier alpha value is -1.14. The largest absolute Gasteiger partial charge is 0.466 e. The van der Waals surface area contributed by atoms with Crippen molar-refractivity contribution in [3.05, 3.63) is 0 Å². The van der Waals surface area contributed by atoms with E-state index < -0.39 is 12.1 Å². The molecule has 2 atom stereocenters. The number of hydrogen-bond acceptors (Lipinski definition) is 5. The van der Waals surface area contributed by atoms with Crippen molar-refractivity contribution in [1.82, 2.24) is 5.32 Å². The van der Waals surface area contributed by atoms with Crippen molar-refractivity contribution in [2.75, 3.05) is 13.2 Å². The first kappa shape index (κ1) is 52.9. The summed E-state index contributed by atoms with van der Waals surface area (Å²) in [4.78, 5) is 24.4. The second-order valence-electron chi connectivity index (χ2n) is 16.8. The van der Waals surface area contributed by atoms with Crippen molar-refractivity contribution in [3.63, 3.8) is 0 Å². The van der Waals surface area contributed by atoms with Gasteiger partial charge >= 0.3 is 5.97 Å². The second-order valence-corrected chi connectivity index (χ2v) is 16.8. The number of carbonyl (C=O) groups excluding carboxylic acids is 2. The van der Waals surface area contributed by atoms with Crippen molar-refractivity contribution in [3.8, 4) is 0 Å². The molecule has 0 saturated carbocycles. The Morgan fingerprint density at radius 3 is 1.13 bits per heavy atom. The monoisotopic (exact) mass is 766 g/mol. The molecular weight excluding hydrogens is 671 g/mol. The van der Waals surface area contributed by atoms with Gasteiger partial charge in [-0.05, 0) is 25.7 Å². The highest BCUT2D eigenvalue weighted by atomic mass is 16.5. The minimum atomic E-state index is -0.668. The molecule has 0 saturated heterocycles. The van der Waals surface area contributed by atoms with Gasteiger partial charge in [-0.25, -0.2) is 0 Å². The summed E-state index contributed by atoms with van der Waals surface area (Å²) in [7, 11) is 0. The number of carbonyl (C=O) groups is 2. The van der Waals surface area contributed by atoms with E-state index in [9.17, 15) is 19.8 Å². The highest BCUT2D eigenvalue weighted by molar-refractivity contribution is 5.76. The smallest absolute Gasteiger partial charge is 0.305 e. The molecule has 0 radical (unpaired) electrons. The van der Waals surface area contributed by atoms with Gasteiger partial charge in [-0.1, -0.05) is 232 Å². The summed E-state index contributed by atoms with van der Waals surface area (Å²) in [6.07, 6.45) is 47.8. The molecule has 0 aromatic rings. The van der Waals surface area contributed by atoms with Gasteiger partial charge in [0.25, 0.3) is 0 Å². The highest BCUT2D eigenvalue weighted by Gasteiger charge is 2.20. The standard InChI is InChI=1S/C48H95NO5/c1-3-5-7-9-11-13-14-15-16-19-22-26-30-34-38-42-48(53)54-43-39-35-31-27-23-20-17-18-21-25-29-33-37-41-47(52)49-45(44-50)46(51)40-36-32-28-24-12-10-8-6-4-2/h45-46,50-51H,3-44H2,1-2H3,(H,49,52). The predicted molar refractivity (Wildman–Crippen MR) is 232 cm³/mol. The number of rotatable bonds is 45. The van der Waals surface area contributed by atoms with Gasteiger partial charge in [-0.3, -0.25) is 9.59 Å². The number of aliphatic hydroxyl groups is 2. The SMILES string of the molecule is CCCCCCCCCCCCCCCCCC(=O)OCCCCCCCCCCCCCCCC(=O)NC(CO)C(O)CCCCCCCCCCC. The van der Waals surface area contributed by atoms with Crippen LogP contribution in [-0.2, 0) is 14.3 Å². The number of esters is 1. The van der Waals surface area contributed by atoms with Crippen molar-refractivity contribution in [2.45, 2.75) is 283 Å². The quantitative estimate of drug-likeness (QED) is 0.0424. The normalized spacial score (nSPS) is 12.6. The molecule has 0 aliphatic carbocycles. The summed E-state index contributed by atoms with van der Waals surface area (Å²) in [6.45, 7) is 4.91. The van der Waals surface area contributed by atoms with E-state index in [1.165, 1.54) is 186 Å². The van der Waals surface area contributed by atoms with E-state index in [4.69, 9.17) is 4.74 Å². The van der Waals surface area contributed by atoms with Crippen LogP contribution in [-0.4, -0.2) is 47.4 Å². The number of amides is 1. The number of ether oxygens (including phenoxy) is 1. The first-order valence-electron chi connectivity index (χ1n) is 24.3. The van der Waals surface area contributed by atoms with E-state index >= 15 is 0 Å². The third-order valence-electron chi connectivity index (χ3n) is 11.4. The summed E-state index contributed by atoms with van der Waals surface area (Å²) >= 11 is 0. The molecule has 3 N–H and O–H groups in total. The van der Waals surface area contributed by atoms with Gasteiger partial charge in [0, 0.05) is 12.8 Å². The molecule has 0 bridgehead atoms. The van der Waals surface area contributed by atoms with Gasteiger partial charge in [-0.15, -0.1) is 0 Å². The van der Waals surface area contributed by atoms with Crippen LogP contribution in [0, 0.1) is 0 Å². The Kier molecular flexibility index (Phi) is 43.6. The maximum atomic E-state index is 12.4. The van der Waals surface area contributed by atoms with Crippen molar-refractivity contribution in [2.24, 2.45) is 0 Å². The molecule has 0 fully saturated rings. The van der Waals surface area contributed by atoms with Crippen molar-refractivity contribution in [1.29, 1.82) is 0 Å². The Bertz CT molecular complexity index is 761. The molecule has 2 unspecified atom stereocenters. The zero-order valence-corrected chi connectivity index (χ0v) is 36.5. The van der Waals surface area contributed by atoms with Gasteiger partial charge < -0.3 is 20.3 Å². The first-order valence-corrected chi connectivity index (χ1v) is 24.3. The van der Waals surface area contributed by atoms with Crippen LogP contribution in [0.3, 0.4) is 0 Å². The molecule has 6 heteroatoms. The Balaban J connectivity index is 3.40. The molecule has 0 heterocycles. The van der Waals surface area contributed by atoms with Gasteiger partial charge in [0.1, 0.15) is 0 Å². The second kappa shape index (κ2) is 44.6. The van der Waals surface area contributed by atoms with Crippen LogP contribution in [0.2, 0.25) is 0 Å². The highest BCUT2D eigenvalue weighted by Crippen LogP contribution is 2.16. The van der Waals surface area contributed by atoms with Crippen LogP contribution >= 0.6 is 0 Å². The summed E-state index contributed by atoms with van der Waals surface area (Å²) < 4.78 is 5.46. The fourth-order valence-corrected chi connectivity index (χ4v) is 7.64. The van der Waals surface area contributed by atoms with Gasteiger partial charge in [-0.2, -0.15) is 0 Å². The van der Waals surface area contributed by atoms with Crippen LogP contribution in [0.5, 0.6) is 0 Å². The average molecular weight is 766 g/mol. The van der Waals surface area contributed by atoms with Gasteiger partial charge in [0.2, 0.25) is 5.91 Å². The molecule has 0 aromatic heterocycles. The lowest BCUT2D eigenvalue weighted by Gasteiger charge is -2.22. The van der Waals surface area contributed by atoms with Crippen LogP contribution in [0.25, 0.3) is 0 Å². The molecular formula is C48H95NO5. The van der Waals surface area contributed by atoms with E-state index in [0.717, 1.165) is 51.4 Å². The molecule has 6 nitrogen and oxygen atoms in total. The minimum Gasteiger partial charge on any atom is -0.466 e. The third kappa shape index (κ3) is 40.5. The molecule has 0 aliphatic heterocycles. The van der Waals surface area contributed by atoms with E-state index in [1.807, 2.05) is 0 Å². The maximum Gasteiger partial charge on any atom is 0.305 e. The lowest BCUT2D eigenvalue weighted by Crippen LogP contribution is -2.45. The maximum absolute atomic E-state index is 12.4. The van der Waals surface area contributed by atoms with Crippen LogP contribution in [0.4, 0.5) is 0 Å². The Labute approximate surface area is 336 Å². The van der Waals surface area contributed by atoms with Gasteiger partial charge in [0.05, 0.1) is 25.4 Å². The zero-order chi connectivity index (χ0) is 39.4. The first-order chi connectivity index (χ1) is 26.5. The summed E-state index contributed by atoms with van der Waals surface area (Å²) in [5.74, 6) is -0.0519. The molecule has 322 valence electrons. The molecule has 1 amide bonds. The Morgan fingerprint density at radius 1 is 0.444 bits per heavy atom. The molecule has 0 rings (SSSR count). The van der Waals surface area contributed by atoms with Crippen molar-refractivity contribution < 1.29 is 24.5 Å². The predicted octanol–water partition coefficient (Wildman–Crippen LogP) is 14.0. The molecule has 0 aliphatic rings. The minimum absolute atomic E-state index is 0.00265. The van der Waals surface area contributed by atoms with Crippen LogP contribution in [0.15, 0.2) is 0 Å². The number of hydrogen-bond donors (Lipinski definition) is 3. The zero-order valence-electron chi connectivity index (χ0n) is 36.5. The summed E-state index contributed by atoms with van der Waals surface area (Å²) in [5.41, 5.74) is 0. The lowest BCUT2D eigenvalue weighted by atomic mass is 10.0. The number of nitrogens with one attached hydrogen (secondary N) is 1. The van der Waals surface area contributed by atoms with E-state index in [2.05, 4.69) is 19.2 Å². The van der Waals surface area contributed by atoms with E-state index in [0.29, 0.717) is 25.9 Å². The summed E-state index contributed by atoms with van der Waals surface area (Å²) in [5, 5.41) is 23.0. The van der Waals surface area contributed by atoms with Crippen LogP contribution in [0.1, 0.15) is 271 Å². The molecule has 0 aromatic carbocycles. The number of aliphatic hydroxyl groups excluding tert-OH is 2. The molecule has 0 spiro atoms. The van der Waals surface area contributed by atoms with E-state index in [-0.39, 0.29) is 18.5 Å². The van der Waals surface area contributed by atoms with Crippen LogP contribution < -0.4 is 5.32 Å². The summed E-state index contributed by atoms with van der Waals surface area (Å²) in [6, 6.07) is -0.547. The number of unbranched alkanes of at least 4 members (excludes halogenated alkanes) is 34. The average Bonchev–Trinajstić information content (AvgIpc) is 3.17. The lowest BCUT2D eigenvalue weighted by molar-refractivity contribution is -0.143. The van der Waals surface area contributed by atoms with E-state index in [1.54, 1.807) is 0 Å². The fourth-order valence-electron chi connectivity index (χ4n) is 7.64. The topological polar surface area (TPSA) is 95.9 Å². The third-order valence-corrected chi connectivity index (χ3v) is 11.4.